The molecule has 0 saturated carbocycles. The van der Waals surface area contributed by atoms with Gasteiger partial charge in [-0.15, -0.1) is 0 Å². The molecule has 1 aromatic rings. The molecule has 106 valence electrons. The minimum Gasteiger partial charge on any atom is -0.491 e. The van der Waals surface area contributed by atoms with Gasteiger partial charge < -0.3 is 14.8 Å². The van der Waals surface area contributed by atoms with E-state index >= 15 is 0 Å². The highest BCUT2D eigenvalue weighted by atomic mass is 35.5. The summed E-state index contributed by atoms with van der Waals surface area (Å²) in [4.78, 5) is 11.6. The molecule has 5 nitrogen and oxygen atoms in total. The van der Waals surface area contributed by atoms with Crippen molar-refractivity contribution < 1.29 is 14.3 Å². The van der Waals surface area contributed by atoms with E-state index in [1.54, 1.807) is 18.2 Å². The van der Waals surface area contributed by atoms with E-state index < -0.39 is 0 Å². The Balaban J connectivity index is 2.40. The summed E-state index contributed by atoms with van der Waals surface area (Å²) < 4.78 is 10.7. The average Bonchev–Trinajstić information content (AvgIpc) is 2.68. The number of hydrogen-bond acceptors (Lipinski definition) is 4. The zero-order valence-electron chi connectivity index (χ0n) is 11.0. The number of methoxy groups -OCH3 is 1. The molecular formula is C13H13ClN2O3S. The van der Waals surface area contributed by atoms with Crippen molar-refractivity contribution in [2.45, 2.75) is 6.92 Å². The average molecular weight is 313 g/mol. The highest BCUT2D eigenvalue weighted by molar-refractivity contribution is 7.80. The lowest BCUT2D eigenvalue weighted by molar-refractivity contribution is -0.115. The van der Waals surface area contributed by atoms with E-state index in [2.05, 4.69) is 10.6 Å². The SMILES string of the molecule is CCOc1cc(/C=C2\NC(=S)NC2=O)cc(Cl)c1OC. The van der Waals surface area contributed by atoms with Crippen LogP contribution < -0.4 is 20.1 Å². The third-order valence-electron chi connectivity index (χ3n) is 2.57. The van der Waals surface area contributed by atoms with E-state index in [0.29, 0.717) is 34.4 Å². The van der Waals surface area contributed by atoms with Gasteiger partial charge in [0.1, 0.15) is 5.70 Å². The Morgan fingerprint density at radius 1 is 1.40 bits per heavy atom. The van der Waals surface area contributed by atoms with E-state index in [1.807, 2.05) is 6.92 Å². The van der Waals surface area contributed by atoms with Crippen molar-refractivity contribution in [2.75, 3.05) is 13.7 Å². The smallest absolute Gasteiger partial charge is 0.273 e. The van der Waals surface area contributed by atoms with Crippen LogP contribution in [0, 0.1) is 0 Å². The fraction of sp³-hybridized carbons (Fsp3) is 0.231. The van der Waals surface area contributed by atoms with Crippen LogP contribution in [0.1, 0.15) is 12.5 Å². The van der Waals surface area contributed by atoms with Crippen LogP contribution in [-0.4, -0.2) is 24.7 Å². The van der Waals surface area contributed by atoms with Crippen LogP contribution in [-0.2, 0) is 4.79 Å². The van der Waals surface area contributed by atoms with Gasteiger partial charge in [-0.2, -0.15) is 0 Å². The standard InChI is InChI=1S/C13H13ClN2O3S/c1-3-19-10-6-7(4-8(14)11(10)18-2)5-9-12(17)16-13(20)15-9/h4-6H,3H2,1-2H3,(H2,15,16,17,20)/b9-5-. The number of rotatable bonds is 4. The summed E-state index contributed by atoms with van der Waals surface area (Å²) in [5, 5.41) is 5.95. The molecule has 0 aromatic heterocycles. The molecule has 2 N–H and O–H groups in total. The Bertz CT molecular complexity index is 602. The number of benzene rings is 1. The lowest BCUT2D eigenvalue weighted by Crippen LogP contribution is -2.21. The molecule has 1 fully saturated rings. The summed E-state index contributed by atoms with van der Waals surface area (Å²) in [6.45, 7) is 2.35. The molecule has 0 unspecified atom stereocenters. The first-order valence-corrected chi connectivity index (χ1v) is 6.68. The predicted molar refractivity (Wildman–Crippen MR) is 81.0 cm³/mol. The van der Waals surface area contributed by atoms with Crippen molar-refractivity contribution in [2.24, 2.45) is 0 Å². The van der Waals surface area contributed by atoms with Crippen molar-refractivity contribution in [1.29, 1.82) is 0 Å². The second-order valence-electron chi connectivity index (χ2n) is 3.93. The molecule has 1 aliphatic heterocycles. The fourth-order valence-electron chi connectivity index (χ4n) is 1.78. The quantitative estimate of drug-likeness (QED) is 0.658. The maximum absolute atomic E-state index is 11.6. The summed E-state index contributed by atoms with van der Waals surface area (Å²) in [6.07, 6.45) is 1.64. The van der Waals surface area contributed by atoms with Crippen LogP contribution in [0.4, 0.5) is 0 Å². The minimum atomic E-state index is -0.278. The summed E-state index contributed by atoms with van der Waals surface area (Å²) >= 11 is 11.0. The maximum Gasteiger partial charge on any atom is 0.273 e. The van der Waals surface area contributed by atoms with Gasteiger partial charge >= 0.3 is 0 Å². The fourth-order valence-corrected chi connectivity index (χ4v) is 2.28. The first-order chi connectivity index (χ1) is 9.55. The highest BCUT2D eigenvalue weighted by Gasteiger charge is 2.20. The van der Waals surface area contributed by atoms with Crippen LogP contribution in [0.5, 0.6) is 11.5 Å². The predicted octanol–water partition coefficient (Wildman–Crippen LogP) is 2.09. The van der Waals surface area contributed by atoms with Crippen molar-refractivity contribution in [1.82, 2.24) is 10.6 Å². The summed E-state index contributed by atoms with van der Waals surface area (Å²) in [5.41, 5.74) is 1.07. The maximum atomic E-state index is 11.6. The van der Waals surface area contributed by atoms with Gasteiger partial charge in [-0.1, -0.05) is 11.6 Å². The van der Waals surface area contributed by atoms with Crippen LogP contribution in [0.3, 0.4) is 0 Å². The normalized spacial score (nSPS) is 16.1. The van der Waals surface area contributed by atoms with Gasteiger partial charge in [0.15, 0.2) is 16.6 Å². The van der Waals surface area contributed by atoms with E-state index in [-0.39, 0.29) is 11.0 Å². The second kappa shape index (κ2) is 6.11. The molecule has 0 bridgehead atoms. The van der Waals surface area contributed by atoms with Gasteiger partial charge in [0.25, 0.3) is 5.91 Å². The van der Waals surface area contributed by atoms with E-state index in [9.17, 15) is 4.79 Å². The molecule has 0 aliphatic carbocycles. The van der Waals surface area contributed by atoms with E-state index in [4.69, 9.17) is 33.3 Å². The molecular weight excluding hydrogens is 300 g/mol. The van der Waals surface area contributed by atoms with Crippen LogP contribution in [0.15, 0.2) is 17.8 Å². The van der Waals surface area contributed by atoms with Gasteiger partial charge in [0.05, 0.1) is 18.7 Å². The molecule has 1 saturated heterocycles. The lowest BCUT2D eigenvalue weighted by Gasteiger charge is -2.12. The Morgan fingerprint density at radius 3 is 2.70 bits per heavy atom. The van der Waals surface area contributed by atoms with Crippen molar-refractivity contribution >= 4 is 40.9 Å². The number of nitrogens with one attached hydrogen (secondary N) is 2. The van der Waals surface area contributed by atoms with Gasteiger partial charge in [0.2, 0.25) is 0 Å². The molecule has 0 atom stereocenters. The van der Waals surface area contributed by atoms with Crippen LogP contribution >= 0.6 is 23.8 Å². The molecule has 0 spiro atoms. The minimum absolute atomic E-state index is 0.278. The highest BCUT2D eigenvalue weighted by Crippen LogP contribution is 2.36. The van der Waals surface area contributed by atoms with Crippen molar-refractivity contribution in [3.63, 3.8) is 0 Å². The number of carbonyl (C=O) groups is 1. The number of halogens is 1. The molecule has 1 aliphatic rings. The molecule has 1 heterocycles. The largest absolute Gasteiger partial charge is 0.491 e. The van der Waals surface area contributed by atoms with Crippen molar-refractivity contribution in [3.05, 3.63) is 28.4 Å². The molecule has 0 radical (unpaired) electrons. The summed E-state index contributed by atoms with van der Waals surface area (Å²) in [6, 6.07) is 3.43. The van der Waals surface area contributed by atoms with Crippen LogP contribution in [0.2, 0.25) is 5.02 Å². The molecule has 2 rings (SSSR count). The van der Waals surface area contributed by atoms with Gasteiger partial charge in [0, 0.05) is 0 Å². The van der Waals surface area contributed by atoms with E-state index in [1.165, 1.54) is 7.11 Å². The number of amides is 1. The Morgan fingerprint density at radius 2 is 2.15 bits per heavy atom. The van der Waals surface area contributed by atoms with Crippen LogP contribution in [0.25, 0.3) is 6.08 Å². The molecule has 1 amide bonds. The number of ether oxygens (including phenoxy) is 2. The number of carbonyl (C=O) groups excluding carboxylic acids is 1. The van der Waals surface area contributed by atoms with Crippen molar-refractivity contribution in [3.8, 4) is 11.5 Å². The zero-order valence-corrected chi connectivity index (χ0v) is 12.5. The molecule has 1 aromatic carbocycles. The Labute approximate surface area is 126 Å². The first-order valence-electron chi connectivity index (χ1n) is 5.89. The topological polar surface area (TPSA) is 59.6 Å². The van der Waals surface area contributed by atoms with Gasteiger partial charge in [-0.05, 0) is 42.9 Å². The molecule has 7 heteroatoms. The van der Waals surface area contributed by atoms with Gasteiger partial charge in [-0.3, -0.25) is 10.1 Å². The third kappa shape index (κ3) is 3.02. The molecule has 20 heavy (non-hydrogen) atoms. The Kier molecular flexibility index (Phi) is 4.46. The monoisotopic (exact) mass is 312 g/mol. The summed E-state index contributed by atoms with van der Waals surface area (Å²) in [7, 11) is 1.52. The zero-order chi connectivity index (χ0) is 14.7. The van der Waals surface area contributed by atoms with Gasteiger partial charge in [-0.25, -0.2) is 0 Å². The number of thiocarbonyl (C=S) groups is 1. The second-order valence-corrected chi connectivity index (χ2v) is 4.75. The number of hydrogen-bond donors (Lipinski definition) is 2. The summed E-state index contributed by atoms with van der Waals surface area (Å²) in [5.74, 6) is 0.713. The van der Waals surface area contributed by atoms with E-state index in [0.717, 1.165) is 0 Å². The third-order valence-corrected chi connectivity index (χ3v) is 3.05. The lowest BCUT2D eigenvalue weighted by atomic mass is 10.1. The first kappa shape index (κ1) is 14.6. The Hall–Kier alpha value is -1.79.